The first kappa shape index (κ1) is 13.6. The number of primary amides is 1. The highest BCUT2D eigenvalue weighted by atomic mass is 16.3. The Kier molecular flexibility index (Phi) is 4.21. The van der Waals surface area contributed by atoms with Crippen LogP contribution in [0.4, 0.5) is 0 Å². The van der Waals surface area contributed by atoms with Crippen molar-refractivity contribution in [2.75, 3.05) is 32.7 Å². The second kappa shape index (κ2) is 5.88. The fraction of sp³-hybridized carbons (Fsp3) is 0.538. The van der Waals surface area contributed by atoms with Crippen LogP contribution in [0.3, 0.4) is 0 Å². The molecule has 0 bridgehead atoms. The Morgan fingerprint density at radius 3 is 2.74 bits per heavy atom. The maximum atomic E-state index is 12.3. The molecule has 2 heterocycles. The summed E-state index contributed by atoms with van der Waals surface area (Å²) in [5.74, 6) is -0.00608. The monoisotopic (exact) mass is 265 g/mol. The van der Waals surface area contributed by atoms with E-state index < -0.39 is 0 Å². The van der Waals surface area contributed by atoms with E-state index in [0.717, 1.165) is 18.5 Å². The van der Waals surface area contributed by atoms with E-state index in [1.807, 2.05) is 11.8 Å². The minimum absolute atomic E-state index is 0.0802. The van der Waals surface area contributed by atoms with Crippen molar-refractivity contribution >= 4 is 11.8 Å². The normalized spacial score (nSPS) is 17.2. The molecule has 104 valence electrons. The second-order valence-corrected chi connectivity index (χ2v) is 4.82. The summed E-state index contributed by atoms with van der Waals surface area (Å²) in [5, 5.41) is 0. The summed E-state index contributed by atoms with van der Waals surface area (Å²) in [5.41, 5.74) is 6.04. The van der Waals surface area contributed by atoms with Crippen molar-refractivity contribution in [3.05, 3.63) is 23.7 Å². The number of nitrogens with two attached hydrogens (primary N) is 1. The van der Waals surface area contributed by atoms with Crippen LogP contribution in [-0.2, 0) is 4.79 Å². The van der Waals surface area contributed by atoms with Crippen LogP contribution in [-0.4, -0.2) is 54.3 Å². The molecule has 0 aliphatic carbocycles. The van der Waals surface area contributed by atoms with Crippen molar-refractivity contribution in [1.29, 1.82) is 0 Å². The van der Waals surface area contributed by atoms with Gasteiger partial charge >= 0.3 is 0 Å². The Morgan fingerprint density at radius 1 is 1.32 bits per heavy atom. The molecule has 2 amide bonds. The number of aryl methyl sites for hydroxylation is 1. The van der Waals surface area contributed by atoms with Gasteiger partial charge in [0, 0.05) is 31.7 Å². The molecule has 6 heteroatoms. The van der Waals surface area contributed by atoms with Crippen LogP contribution in [0.25, 0.3) is 0 Å². The van der Waals surface area contributed by atoms with Gasteiger partial charge in [-0.05, 0) is 19.4 Å². The van der Waals surface area contributed by atoms with Gasteiger partial charge in [-0.1, -0.05) is 0 Å². The number of furan rings is 1. The molecule has 0 saturated carbocycles. The lowest BCUT2D eigenvalue weighted by molar-refractivity contribution is -0.119. The van der Waals surface area contributed by atoms with Crippen LogP contribution in [0.2, 0.25) is 0 Å². The topological polar surface area (TPSA) is 79.8 Å². The zero-order chi connectivity index (χ0) is 13.8. The predicted molar refractivity (Wildman–Crippen MR) is 69.6 cm³/mol. The van der Waals surface area contributed by atoms with Crippen LogP contribution in [0.15, 0.2) is 16.7 Å². The van der Waals surface area contributed by atoms with Crippen molar-refractivity contribution in [2.24, 2.45) is 5.73 Å². The highest BCUT2D eigenvalue weighted by Crippen LogP contribution is 2.13. The third kappa shape index (κ3) is 3.35. The number of rotatable bonds is 3. The van der Waals surface area contributed by atoms with Gasteiger partial charge in [0.25, 0.3) is 5.91 Å². The quantitative estimate of drug-likeness (QED) is 0.848. The summed E-state index contributed by atoms with van der Waals surface area (Å²) in [6.45, 7) is 4.81. The minimum Gasteiger partial charge on any atom is -0.459 e. The first-order valence-electron chi connectivity index (χ1n) is 6.42. The van der Waals surface area contributed by atoms with Crippen molar-refractivity contribution in [2.45, 2.75) is 13.3 Å². The van der Waals surface area contributed by atoms with E-state index in [-0.39, 0.29) is 18.4 Å². The highest BCUT2D eigenvalue weighted by Gasteiger charge is 2.23. The predicted octanol–water partition coefficient (Wildman–Crippen LogP) is 0.221. The summed E-state index contributed by atoms with van der Waals surface area (Å²) in [6, 6.07) is 1.78. The Hall–Kier alpha value is -1.82. The van der Waals surface area contributed by atoms with Gasteiger partial charge in [0.15, 0.2) is 5.76 Å². The van der Waals surface area contributed by atoms with Gasteiger partial charge in [-0.25, -0.2) is 0 Å². The van der Waals surface area contributed by atoms with Gasteiger partial charge in [0.2, 0.25) is 5.91 Å². The molecule has 0 unspecified atom stereocenters. The van der Waals surface area contributed by atoms with Gasteiger partial charge in [-0.3, -0.25) is 14.5 Å². The lowest BCUT2D eigenvalue weighted by Gasteiger charge is -2.20. The summed E-state index contributed by atoms with van der Waals surface area (Å²) >= 11 is 0. The molecule has 19 heavy (non-hydrogen) atoms. The van der Waals surface area contributed by atoms with Crippen LogP contribution >= 0.6 is 0 Å². The molecule has 2 rings (SSSR count). The maximum Gasteiger partial charge on any atom is 0.289 e. The van der Waals surface area contributed by atoms with Crippen molar-refractivity contribution in [3.63, 3.8) is 0 Å². The summed E-state index contributed by atoms with van der Waals surface area (Å²) < 4.78 is 5.23. The molecule has 0 aromatic carbocycles. The smallest absolute Gasteiger partial charge is 0.289 e. The minimum atomic E-state index is -0.332. The van der Waals surface area contributed by atoms with Gasteiger partial charge in [-0.2, -0.15) is 0 Å². The Morgan fingerprint density at radius 2 is 2.11 bits per heavy atom. The van der Waals surface area contributed by atoms with Crippen LogP contribution in [0.1, 0.15) is 22.5 Å². The number of amides is 2. The third-order valence-electron chi connectivity index (χ3n) is 3.31. The van der Waals surface area contributed by atoms with Crippen molar-refractivity contribution in [3.8, 4) is 0 Å². The SMILES string of the molecule is Cc1ccoc1C(=O)N1CCCN(CC(N)=O)CC1. The maximum absolute atomic E-state index is 12.3. The van der Waals surface area contributed by atoms with E-state index in [1.54, 1.807) is 11.0 Å². The molecular weight excluding hydrogens is 246 g/mol. The molecule has 6 nitrogen and oxygen atoms in total. The van der Waals surface area contributed by atoms with E-state index >= 15 is 0 Å². The van der Waals surface area contributed by atoms with Crippen molar-refractivity contribution in [1.82, 2.24) is 9.80 Å². The molecule has 1 fully saturated rings. The molecule has 0 atom stereocenters. The molecule has 2 N–H and O–H groups in total. The molecule has 1 aromatic rings. The molecule has 1 saturated heterocycles. The van der Waals surface area contributed by atoms with Gasteiger partial charge in [0.05, 0.1) is 12.8 Å². The lowest BCUT2D eigenvalue weighted by atomic mass is 10.2. The molecule has 0 radical (unpaired) electrons. The zero-order valence-electron chi connectivity index (χ0n) is 11.1. The van der Waals surface area contributed by atoms with Gasteiger partial charge in [0.1, 0.15) is 0 Å². The first-order chi connectivity index (χ1) is 9.08. The highest BCUT2D eigenvalue weighted by molar-refractivity contribution is 5.92. The zero-order valence-corrected chi connectivity index (χ0v) is 11.1. The van der Waals surface area contributed by atoms with Crippen LogP contribution in [0.5, 0.6) is 0 Å². The van der Waals surface area contributed by atoms with E-state index in [9.17, 15) is 9.59 Å². The summed E-state index contributed by atoms with van der Waals surface area (Å²) in [4.78, 5) is 26.9. The van der Waals surface area contributed by atoms with E-state index in [0.29, 0.717) is 25.4 Å². The van der Waals surface area contributed by atoms with E-state index in [4.69, 9.17) is 10.2 Å². The standard InChI is InChI=1S/C13H19N3O3/c1-10-3-8-19-12(10)13(18)16-5-2-4-15(6-7-16)9-11(14)17/h3,8H,2,4-7,9H2,1H3,(H2,14,17). The third-order valence-corrected chi connectivity index (χ3v) is 3.31. The van der Waals surface area contributed by atoms with E-state index in [1.165, 1.54) is 6.26 Å². The van der Waals surface area contributed by atoms with Crippen molar-refractivity contribution < 1.29 is 14.0 Å². The Balaban J connectivity index is 1.97. The fourth-order valence-electron chi connectivity index (χ4n) is 2.29. The largest absolute Gasteiger partial charge is 0.459 e. The lowest BCUT2D eigenvalue weighted by Crippen LogP contribution is -2.38. The summed E-state index contributed by atoms with van der Waals surface area (Å²) in [7, 11) is 0. The molecule has 1 aromatic heterocycles. The second-order valence-electron chi connectivity index (χ2n) is 4.82. The van der Waals surface area contributed by atoms with E-state index in [2.05, 4.69) is 0 Å². The molecule has 1 aliphatic rings. The Bertz CT molecular complexity index is 469. The Labute approximate surface area is 112 Å². The average Bonchev–Trinajstić information content (AvgIpc) is 2.64. The number of hydrogen-bond acceptors (Lipinski definition) is 4. The summed E-state index contributed by atoms with van der Waals surface area (Å²) in [6.07, 6.45) is 2.36. The first-order valence-corrected chi connectivity index (χ1v) is 6.42. The van der Waals surface area contributed by atoms with Gasteiger partial charge in [-0.15, -0.1) is 0 Å². The molecular formula is C13H19N3O3. The number of hydrogen-bond donors (Lipinski definition) is 1. The number of nitrogens with zero attached hydrogens (tertiary/aromatic N) is 2. The van der Waals surface area contributed by atoms with Crippen LogP contribution < -0.4 is 5.73 Å². The number of carbonyl (C=O) groups excluding carboxylic acids is 2. The van der Waals surface area contributed by atoms with Crippen LogP contribution in [0, 0.1) is 6.92 Å². The average molecular weight is 265 g/mol. The molecule has 1 aliphatic heterocycles. The fourth-order valence-corrected chi connectivity index (χ4v) is 2.29. The number of carbonyl (C=O) groups is 2. The van der Waals surface area contributed by atoms with Gasteiger partial charge < -0.3 is 15.1 Å². The molecule has 0 spiro atoms.